The predicted molar refractivity (Wildman–Crippen MR) is 278 cm³/mol. The molecule has 0 N–H and O–H groups in total. The number of aliphatic imine (C=N–C) groups is 2. The summed E-state index contributed by atoms with van der Waals surface area (Å²) in [5.74, 6) is 0. The molecular formula is C62H46N2. The normalized spacial score (nSPS) is 12.5. The number of hydrogen-bond donors (Lipinski definition) is 0. The molecule has 0 amide bonds. The molecule has 10 rings (SSSR count). The largest absolute Gasteiger partial charge is 0.280 e. The maximum absolute atomic E-state index is 5.35. The van der Waals surface area contributed by atoms with Crippen molar-refractivity contribution < 1.29 is 0 Å². The topological polar surface area (TPSA) is 24.7 Å². The maximum Gasteiger partial charge on any atom is 0.0716 e. The van der Waals surface area contributed by atoms with Crippen molar-refractivity contribution in [2.75, 3.05) is 0 Å². The van der Waals surface area contributed by atoms with Crippen LogP contribution in [0, 0.1) is 0 Å². The quantitative estimate of drug-likeness (QED) is 0.0706. The molecule has 0 fully saturated rings. The van der Waals surface area contributed by atoms with Crippen LogP contribution in [0.1, 0.15) is 29.2 Å². The number of benzene rings is 10. The summed E-state index contributed by atoms with van der Waals surface area (Å²) in [6, 6.07) is 69.9. The predicted octanol–water partition coefficient (Wildman–Crippen LogP) is 16.7. The molecule has 0 saturated heterocycles. The zero-order valence-electron chi connectivity index (χ0n) is 35.9. The lowest BCUT2D eigenvalue weighted by Crippen LogP contribution is -2.01. The van der Waals surface area contributed by atoms with Gasteiger partial charge in [-0.05, 0) is 131 Å². The molecular weight excluding hydrogens is 773 g/mol. The van der Waals surface area contributed by atoms with E-state index in [2.05, 4.69) is 225 Å². The van der Waals surface area contributed by atoms with Crippen molar-refractivity contribution in [2.45, 2.75) is 13.5 Å². The molecule has 0 aliphatic heterocycles. The van der Waals surface area contributed by atoms with Crippen molar-refractivity contribution in [2.24, 2.45) is 9.98 Å². The molecule has 0 aliphatic carbocycles. The first-order chi connectivity index (χ1) is 31.6. The Hall–Kier alpha value is -8.20. The molecule has 0 unspecified atom stereocenters. The number of fused-ring (bicyclic) bond motifs is 9. The van der Waals surface area contributed by atoms with Crippen molar-refractivity contribution in [3.63, 3.8) is 0 Å². The standard InChI is InChI=1S/C62H46N2/c1-4-6-16-43(5-2)44-31-33-46(34-32-44)61(63-3)40-62(50-19-15-18-48(37-50)59-39-49-17-7-8-20-51(49)52-21-9-13-25-56(52)59)64-41-42-27-29-45(30-28-42)47-35-36-58-55-24-11-10-22-53(55)54-23-12-14-26-57(54)60(58)38-47/h4-40H,2-3,41H2,1H3/b6-4-,43-16+,61-40-,64-62?. The van der Waals surface area contributed by atoms with E-state index in [1.807, 2.05) is 25.2 Å². The van der Waals surface area contributed by atoms with Gasteiger partial charge in [-0.2, -0.15) is 0 Å². The summed E-state index contributed by atoms with van der Waals surface area (Å²) < 4.78 is 0. The van der Waals surface area contributed by atoms with Gasteiger partial charge in [-0.25, -0.2) is 0 Å². The van der Waals surface area contributed by atoms with Crippen molar-refractivity contribution in [1.82, 2.24) is 0 Å². The van der Waals surface area contributed by atoms with Gasteiger partial charge in [-0.3, -0.25) is 9.98 Å². The molecule has 10 aromatic rings. The first kappa shape index (κ1) is 39.9. The van der Waals surface area contributed by atoms with E-state index in [-0.39, 0.29) is 0 Å². The van der Waals surface area contributed by atoms with Crippen molar-refractivity contribution in [3.8, 4) is 22.3 Å². The van der Waals surface area contributed by atoms with Crippen LogP contribution < -0.4 is 0 Å². The summed E-state index contributed by atoms with van der Waals surface area (Å²) in [6.07, 6.45) is 10.1. The molecule has 10 aromatic carbocycles. The Morgan fingerprint density at radius 1 is 0.484 bits per heavy atom. The van der Waals surface area contributed by atoms with Crippen LogP contribution in [0.3, 0.4) is 0 Å². The van der Waals surface area contributed by atoms with Gasteiger partial charge >= 0.3 is 0 Å². The molecule has 0 saturated carbocycles. The third kappa shape index (κ3) is 7.67. The maximum atomic E-state index is 5.35. The lowest BCUT2D eigenvalue weighted by atomic mass is 9.92. The molecule has 304 valence electrons. The monoisotopic (exact) mass is 818 g/mol. The van der Waals surface area contributed by atoms with Gasteiger partial charge in [0.15, 0.2) is 0 Å². The van der Waals surface area contributed by atoms with E-state index < -0.39 is 0 Å². The average molecular weight is 819 g/mol. The van der Waals surface area contributed by atoms with E-state index in [4.69, 9.17) is 4.99 Å². The van der Waals surface area contributed by atoms with E-state index in [1.165, 1.54) is 70.6 Å². The van der Waals surface area contributed by atoms with Crippen LogP contribution >= 0.6 is 0 Å². The van der Waals surface area contributed by atoms with E-state index in [9.17, 15) is 0 Å². The van der Waals surface area contributed by atoms with Gasteiger partial charge < -0.3 is 0 Å². The Kier molecular flexibility index (Phi) is 11.0. The van der Waals surface area contributed by atoms with E-state index in [0.717, 1.165) is 44.8 Å². The van der Waals surface area contributed by atoms with Crippen LogP contribution in [-0.4, -0.2) is 12.4 Å². The molecule has 0 radical (unpaired) electrons. The Bertz CT molecular complexity index is 3510. The Morgan fingerprint density at radius 3 is 1.72 bits per heavy atom. The summed E-state index contributed by atoms with van der Waals surface area (Å²) in [5, 5.41) is 12.6. The van der Waals surface area contributed by atoms with Gasteiger partial charge in [0, 0.05) is 11.1 Å². The summed E-state index contributed by atoms with van der Waals surface area (Å²) in [5.41, 5.74) is 11.5. The molecule has 2 nitrogen and oxygen atoms in total. The van der Waals surface area contributed by atoms with Crippen molar-refractivity contribution >= 4 is 77.6 Å². The molecule has 0 spiro atoms. The fourth-order valence-electron chi connectivity index (χ4n) is 9.09. The number of nitrogens with zero attached hydrogens (tertiary/aromatic N) is 2. The molecule has 0 bridgehead atoms. The first-order valence-corrected chi connectivity index (χ1v) is 21.8. The van der Waals surface area contributed by atoms with Crippen LogP contribution in [0.15, 0.2) is 241 Å². The van der Waals surface area contributed by atoms with Crippen LogP contribution in [0.5, 0.6) is 0 Å². The number of hydrogen-bond acceptors (Lipinski definition) is 2. The second-order valence-corrected chi connectivity index (χ2v) is 16.1. The van der Waals surface area contributed by atoms with E-state index in [0.29, 0.717) is 6.54 Å². The highest BCUT2D eigenvalue weighted by Crippen LogP contribution is 2.38. The van der Waals surface area contributed by atoms with Gasteiger partial charge in [-0.15, -0.1) is 0 Å². The molecule has 2 heteroatoms. The second kappa shape index (κ2) is 17.6. The van der Waals surface area contributed by atoms with Crippen molar-refractivity contribution in [1.29, 1.82) is 0 Å². The lowest BCUT2D eigenvalue weighted by molar-refractivity contribution is 1.07. The molecule has 0 aliphatic rings. The summed E-state index contributed by atoms with van der Waals surface area (Å²) in [4.78, 5) is 9.91. The summed E-state index contributed by atoms with van der Waals surface area (Å²) in [6.45, 7) is 10.6. The van der Waals surface area contributed by atoms with E-state index in [1.54, 1.807) is 0 Å². The first-order valence-electron chi connectivity index (χ1n) is 21.8. The third-order valence-electron chi connectivity index (χ3n) is 12.3. The third-order valence-corrected chi connectivity index (χ3v) is 12.3. The Balaban J connectivity index is 1.03. The van der Waals surface area contributed by atoms with Crippen LogP contribution in [0.2, 0.25) is 0 Å². The van der Waals surface area contributed by atoms with E-state index >= 15 is 0 Å². The average Bonchev–Trinajstić information content (AvgIpc) is 3.37. The lowest BCUT2D eigenvalue weighted by Gasteiger charge is -2.13. The van der Waals surface area contributed by atoms with Gasteiger partial charge in [0.25, 0.3) is 0 Å². The minimum atomic E-state index is 0.491. The highest BCUT2D eigenvalue weighted by atomic mass is 14.8. The molecule has 64 heavy (non-hydrogen) atoms. The Morgan fingerprint density at radius 2 is 1.06 bits per heavy atom. The summed E-state index contributed by atoms with van der Waals surface area (Å²) >= 11 is 0. The fourth-order valence-corrected chi connectivity index (χ4v) is 9.09. The zero-order valence-corrected chi connectivity index (χ0v) is 35.9. The zero-order chi connectivity index (χ0) is 43.4. The molecule has 0 atom stereocenters. The minimum absolute atomic E-state index is 0.491. The second-order valence-electron chi connectivity index (χ2n) is 16.1. The van der Waals surface area contributed by atoms with Gasteiger partial charge in [0.2, 0.25) is 0 Å². The highest BCUT2D eigenvalue weighted by Gasteiger charge is 2.13. The summed E-state index contributed by atoms with van der Waals surface area (Å²) in [7, 11) is 0. The highest BCUT2D eigenvalue weighted by molar-refractivity contribution is 6.25. The number of rotatable bonds is 11. The molecule has 0 aromatic heterocycles. The smallest absolute Gasteiger partial charge is 0.0716 e. The van der Waals surface area contributed by atoms with Crippen LogP contribution in [-0.2, 0) is 6.54 Å². The Labute approximate surface area is 374 Å². The van der Waals surface area contributed by atoms with Crippen molar-refractivity contribution in [3.05, 3.63) is 253 Å². The van der Waals surface area contributed by atoms with Gasteiger partial charge in [0.1, 0.15) is 0 Å². The SMILES string of the molecule is C=C/C(=C\C=C/C)c1ccc(/C(=C/C(=NCc2ccc(-c3ccc4c5ccccc5c5ccccc5c4c3)cc2)c2cccc(-c3cc4ccccc4c4ccccc34)c2)N=C)cc1. The van der Waals surface area contributed by atoms with Crippen LogP contribution in [0.4, 0.5) is 0 Å². The van der Waals surface area contributed by atoms with Crippen LogP contribution in [0.25, 0.3) is 87.4 Å². The molecule has 0 heterocycles. The minimum Gasteiger partial charge on any atom is -0.280 e. The van der Waals surface area contributed by atoms with Gasteiger partial charge in [0.05, 0.1) is 18.0 Å². The number of allylic oxidation sites excluding steroid dienone is 6. The van der Waals surface area contributed by atoms with Gasteiger partial charge in [-0.1, -0.05) is 207 Å². The fraction of sp³-hybridized carbons (Fsp3) is 0.0323.